The number of para-hydroxylation sites is 1. The molecule has 1 aromatic rings. The molecule has 4 N–H and O–H groups in total. The number of hydrogen-bond donors (Lipinski definition) is 3. The number of nitrogens with one attached hydrogen (secondary N) is 1. The van der Waals surface area contributed by atoms with Gasteiger partial charge in [0.25, 0.3) is 5.91 Å². The van der Waals surface area contributed by atoms with Gasteiger partial charge in [0, 0.05) is 6.54 Å². The van der Waals surface area contributed by atoms with Crippen LogP contribution in [0.5, 0.6) is 0 Å². The number of benzene rings is 1. The Labute approximate surface area is 123 Å². The fraction of sp³-hybridized carbons (Fsp3) is 0.467. The van der Waals surface area contributed by atoms with Crippen LogP contribution in [-0.2, 0) is 4.79 Å². The molecule has 2 rings (SSSR count). The Balaban J connectivity index is 1.98. The summed E-state index contributed by atoms with van der Waals surface area (Å²) in [4.78, 5) is 25.3. The summed E-state index contributed by atoms with van der Waals surface area (Å²) in [5.41, 5.74) is 5.23. The van der Waals surface area contributed by atoms with Gasteiger partial charge < -0.3 is 16.2 Å². The lowest BCUT2D eigenvalue weighted by molar-refractivity contribution is -0.118. The van der Waals surface area contributed by atoms with Crippen molar-refractivity contribution in [1.29, 1.82) is 0 Å². The fourth-order valence-corrected chi connectivity index (χ4v) is 2.66. The molecule has 0 bridgehead atoms. The predicted molar refractivity (Wildman–Crippen MR) is 79.9 cm³/mol. The molecule has 1 unspecified atom stereocenters. The number of carbonyl (C=O) groups is 2. The summed E-state index contributed by atoms with van der Waals surface area (Å²) in [6, 6.07) is 6.64. The number of nitrogens with two attached hydrogens (primary N) is 1. The number of anilines is 1. The Morgan fingerprint density at radius 1 is 1.43 bits per heavy atom. The molecule has 6 heteroatoms. The van der Waals surface area contributed by atoms with Crippen LogP contribution in [0, 0.1) is 0 Å². The molecule has 1 atom stereocenters. The molecular formula is C15H21N3O3. The summed E-state index contributed by atoms with van der Waals surface area (Å²) in [7, 11) is 0. The van der Waals surface area contributed by atoms with Crippen molar-refractivity contribution in [3.05, 3.63) is 29.8 Å². The SMILES string of the molecule is CC1(O)CCCN(CC(=O)Nc2ccccc2C(N)=O)C1. The first-order chi connectivity index (χ1) is 9.87. The zero-order chi connectivity index (χ0) is 15.5. The highest BCUT2D eigenvalue weighted by molar-refractivity contribution is 6.03. The van der Waals surface area contributed by atoms with Crippen molar-refractivity contribution in [2.24, 2.45) is 5.73 Å². The van der Waals surface area contributed by atoms with E-state index in [-0.39, 0.29) is 18.0 Å². The van der Waals surface area contributed by atoms with Crippen LogP contribution in [-0.4, -0.2) is 47.1 Å². The van der Waals surface area contributed by atoms with Gasteiger partial charge in [-0.05, 0) is 38.4 Å². The van der Waals surface area contributed by atoms with Gasteiger partial charge >= 0.3 is 0 Å². The number of β-amino-alcohol motifs (C(OH)–C–C–N with tert-alkyl or cyclic N) is 1. The molecule has 1 aromatic carbocycles. The minimum absolute atomic E-state index is 0.184. The molecule has 0 spiro atoms. The molecule has 1 fully saturated rings. The Hall–Kier alpha value is -1.92. The maximum atomic E-state index is 12.1. The third-order valence-electron chi connectivity index (χ3n) is 3.59. The van der Waals surface area contributed by atoms with Crippen molar-refractivity contribution >= 4 is 17.5 Å². The molecule has 1 saturated heterocycles. The first kappa shape index (κ1) is 15.5. The summed E-state index contributed by atoms with van der Waals surface area (Å²) in [6.07, 6.45) is 1.60. The van der Waals surface area contributed by atoms with E-state index in [9.17, 15) is 14.7 Å². The van der Waals surface area contributed by atoms with Crippen LogP contribution in [0.4, 0.5) is 5.69 Å². The number of nitrogens with zero attached hydrogens (tertiary/aromatic N) is 1. The zero-order valence-electron chi connectivity index (χ0n) is 12.1. The Kier molecular flexibility index (Phi) is 4.59. The molecule has 0 aliphatic carbocycles. The normalized spacial score (nSPS) is 22.8. The number of carbonyl (C=O) groups excluding carboxylic acids is 2. The highest BCUT2D eigenvalue weighted by Gasteiger charge is 2.29. The number of hydrogen-bond acceptors (Lipinski definition) is 4. The fourth-order valence-electron chi connectivity index (χ4n) is 2.66. The summed E-state index contributed by atoms with van der Waals surface area (Å²) in [5, 5.41) is 12.7. The number of rotatable bonds is 4. The van der Waals surface area contributed by atoms with E-state index >= 15 is 0 Å². The molecule has 6 nitrogen and oxygen atoms in total. The van der Waals surface area contributed by atoms with Gasteiger partial charge in [0.15, 0.2) is 0 Å². The van der Waals surface area contributed by atoms with Gasteiger partial charge in [-0.15, -0.1) is 0 Å². The van der Waals surface area contributed by atoms with E-state index in [0.717, 1.165) is 19.4 Å². The van der Waals surface area contributed by atoms with E-state index in [2.05, 4.69) is 5.32 Å². The maximum absolute atomic E-state index is 12.1. The average molecular weight is 291 g/mol. The summed E-state index contributed by atoms with van der Waals surface area (Å²) in [5.74, 6) is -0.798. The summed E-state index contributed by atoms with van der Waals surface area (Å²) < 4.78 is 0. The lowest BCUT2D eigenvalue weighted by atomic mass is 9.95. The van der Waals surface area contributed by atoms with Crippen molar-refractivity contribution in [2.45, 2.75) is 25.4 Å². The molecule has 0 saturated carbocycles. The smallest absolute Gasteiger partial charge is 0.250 e. The lowest BCUT2D eigenvalue weighted by Crippen LogP contribution is -2.48. The number of piperidine rings is 1. The molecule has 0 radical (unpaired) electrons. The molecule has 1 heterocycles. The first-order valence-electron chi connectivity index (χ1n) is 7.01. The van der Waals surface area contributed by atoms with E-state index in [0.29, 0.717) is 12.2 Å². The number of primary amides is 1. The van der Waals surface area contributed by atoms with E-state index < -0.39 is 11.5 Å². The quantitative estimate of drug-likeness (QED) is 0.755. The van der Waals surface area contributed by atoms with Gasteiger partial charge in [0.2, 0.25) is 5.91 Å². The van der Waals surface area contributed by atoms with Gasteiger partial charge in [-0.25, -0.2) is 0 Å². The second kappa shape index (κ2) is 6.24. The number of amides is 2. The summed E-state index contributed by atoms with van der Waals surface area (Å²) >= 11 is 0. The molecule has 1 aliphatic heterocycles. The van der Waals surface area contributed by atoms with Crippen LogP contribution in [0.1, 0.15) is 30.1 Å². The Morgan fingerprint density at radius 2 is 2.14 bits per heavy atom. The molecule has 21 heavy (non-hydrogen) atoms. The first-order valence-corrected chi connectivity index (χ1v) is 7.01. The van der Waals surface area contributed by atoms with Gasteiger partial charge in [-0.3, -0.25) is 14.5 Å². The van der Waals surface area contributed by atoms with Crippen LogP contribution < -0.4 is 11.1 Å². The molecular weight excluding hydrogens is 270 g/mol. The predicted octanol–water partition coefficient (Wildman–Crippen LogP) is 0.571. The van der Waals surface area contributed by atoms with Crippen molar-refractivity contribution in [2.75, 3.05) is 25.0 Å². The third kappa shape index (κ3) is 4.27. The Morgan fingerprint density at radius 3 is 2.81 bits per heavy atom. The topological polar surface area (TPSA) is 95.7 Å². The largest absolute Gasteiger partial charge is 0.389 e. The van der Waals surface area contributed by atoms with Gasteiger partial charge in [0.05, 0.1) is 23.4 Å². The molecule has 114 valence electrons. The lowest BCUT2D eigenvalue weighted by Gasteiger charge is -2.36. The monoisotopic (exact) mass is 291 g/mol. The van der Waals surface area contributed by atoms with Gasteiger partial charge in [-0.2, -0.15) is 0 Å². The van der Waals surface area contributed by atoms with Crippen LogP contribution >= 0.6 is 0 Å². The van der Waals surface area contributed by atoms with E-state index in [1.807, 2.05) is 4.90 Å². The molecule has 1 aliphatic rings. The minimum atomic E-state index is -0.746. The number of likely N-dealkylation sites (tertiary alicyclic amines) is 1. The third-order valence-corrected chi connectivity index (χ3v) is 3.59. The highest BCUT2D eigenvalue weighted by atomic mass is 16.3. The van der Waals surface area contributed by atoms with E-state index in [1.165, 1.54) is 0 Å². The van der Waals surface area contributed by atoms with Crippen LogP contribution in [0.3, 0.4) is 0 Å². The number of aliphatic hydroxyl groups is 1. The van der Waals surface area contributed by atoms with E-state index in [4.69, 9.17) is 5.73 Å². The van der Waals surface area contributed by atoms with Gasteiger partial charge in [-0.1, -0.05) is 12.1 Å². The maximum Gasteiger partial charge on any atom is 0.250 e. The van der Waals surface area contributed by atoms with Crippen LogP contribution in [0.25, 0.3) is 0 Å². The average Bonchev–Trinajstić information content (AvgIpc) is 2.37. The molecule has 0 aromatic heterocycles. The van der Waals surface area contributed by atoms with Crippen LogP contribution in [0.2, 0.25) is 0 Å². The summed E-state index contributed by atoms with van der Waals surface area (Å²) in [6.45, 7) is 3.21. The second-order valence-electron chi connectivity index (χ2n) is 5.77. The van der Waals surface area contributed by atoms with Crippen molar-refractivity contribution in [3.63, 3.8) is 0 Å². The Bertz CT molecular complexity index is 543. The second-order valence-corrected chi connectivity index (χ2v) is 5.77. The zero-order valence-corrected chi connectivity index (χ0v) is 12.1. The van der Waals surface area contributed by atoms with Crippen molar-refractivity contribution in [1.82, 2.24) is 4.90 Å². The molecule has 2 amide bonds. The van der Waals surface area contributed by atoms with Gasteiger partial charge in [0.1, 0.15) is 0 Å². The highest BCUT2D eigenvalue weighted by Crippen LogP contribution is 2.20. The standard InChI is InChI=1S/C15H21N3O3/c1-15(21)7-4-8-18(10-15)9-13(19)17-12-6-3-2-5-11(12)14(16)20/h2-3,5-6,21H,4,7-10H2,1H3,(H2,16,20)(H,17,19). The minimum Gasteiger partial charge on any atom is -0.389 e. The van der Waals surface area contributed by atoms with E-state index in [1.54, 1.807) is 31.2 Å². The van der Waals surface area contributed by atoms with Crippen molar-refractivity contribution < 1.29 is 14.7 Å². The van der Waals surface area contributed by atoms with Crippen LogP contribution in [0.15, 0.2) is 24.3 Å². The van der Waals surface area contributed by atoms with Crippen molar-refractivity contribution in [3.8, 4) is 0 Å².